The van der Waals surface area contributed by atoms with Crippen LogP contribution in [0.5, 0.6) is 0 Å². The molecule has 0 bridgehead atoms. The molecule has 1 heterocycles. The molecule has 2 aromatic carbocycles. The van der Waals surface area contributed by atoms with E-state index < -0.39 is 0 Å². The van der Waals surface area contributed by atoms with Crippen molar-refractivity contribution in [1.29, 1.82) is 0 Å². The molecular weight excluding hydrogens is 240 g/mol. The van der Waals surface area contributed by atoms with Crippen molar-refractivity contribution < 1.29 is 4.42 Å². The van der Waals surface area contributed by atoms with Crippen LogP contribution in [-0.4, -0.2) is 4.86 Å². The maximum absolute atomic E-state index is 5.93. The summed E-state index contributed by atoms with van der Waals surface area (Å²) in [5.74, 6) is 1.000. The summed E-state index contributed by atoms with van der Waals surface area (Å²) in [6.45, 7) is 0. The number of rotatable bonds is 0. The molecule has 1 aliphatic rings. The largest absolute Gasteiger partial charge is 0.460 e. The Labute approximate surface area is 110 Å². The van der Waals surface area contributed by atoms with Crippen LogP contribution in [0.3, 0.4) is 0 Å². The lowest BCUT2D eigenvalue weighted by molar-refractivity contribution is 0.560. The molecule has 0 saturated carbocycles. The van der Waals surface area contributed by atoms with Crippen LogP contribution < -0.4 is 0 Å². The fourth-order valence-corrected chi connectivity index (χ4v) is 3.10. The number of hydrogen-bond donors (Lipinski definition) is 0. The van der Waals surface area contributed by atoms with Gasteiger partial charge in [-0.3, -0.25) is 0 Å². The van der Waals surface area contributed by atoms with Gasteiger partial charge in [-0.05, 0) is 17.2 Å². The smallest absolute Gasteiger partial charge is 0.134 e. The van der Waals surface area contributed by atoms with Gasteiger partial charge in [-0.15, -0.1) is 0 Å². The minimum Gasteiger partial charge on any atom is -0.460 e. The second-order valence-electron chi connectivity index (χ2n) is 4.56. The van der Waals surface area contributed by atoms with Gasteiger partial charge in [-0.2, -0.15) is 0 Å². The van der Waals surface area contributed by atoms with Crippen LogP contribution in [0.15, 0.2) is 52.9 Å². The predicted molar refractivity (Wildman–Crippen MR) is 76.3 cm³/mol. The maximum atomic E-state index is 5.93. The topological polar surface area (TPSA) is 13.1 Å². The third-order valence-corrected chi connectivity index (χ3v) is 3.93. The van der Waals surface area contributed by atoms with E-state index in [9.17, 15) is 0 Å². The number of para-hydroxylation sites is 1. The first-order valence-corrected chi connectivity index (χ1v) is 6.38. The van der Waals surface area contributed by atoms with Gasteiger partial charge in [0.05, 0.1) is 4.86 Å². The van der Waals surface area contributed by atoms with Crippen LogP contribution in [0, 0.1) is 0 Å². The summed E-state index contributed by atoms with van der Waals surface area (Å²) in [4.78, 5) is 0.914. The molecule has 0 radical (unpaired) electrons. The maximum Gasteiger partial charge on any atom is 0.134 e. The van der Waals surface area contributed by atoms with Crippen LogP contribution in [-0.2, 0) is 6.42 Å². The van der Waals surface area contributed by atoms with E-state index in [1.54, 1.807) is 0 Å². The Kier molecular flexibility index (Phi) is 1.97. The molecule has 0 fully saturated rings. The second kappa shape index (κ2) is 3.53. The first kappa shape index (κ1) is 10.0. The van der Waals surface area contributed by atoms with Crippen LogP contribution in [0.25, 0.3) is 11.0 Å². The first-order valence-electron chi connectivity index (χ1n) is 5.97. The molecule has 86 valence electrons. The fraction of sp³-hybridized carbons (Fsp3) is 0.0625. The summed E-state index contributed by atoms with van der Waals surface area (Å²) < 4.78 is 5.93. The Balaban J connectivity index is 2.06. The molecule has 0 atom stereocenters. The Hall–Kier alpha value is -1.93. The average Bonchev–Trinajstić information content (AvgIpc) is 2.77. The van der Waals surface area contributed by atoms with Gasteiger partial charge in [0, 0.05) is 17.4 Å². The summed E-state index contributed by atoms with van der Waals surface area (Å²) in [7, 11) is 0. The number of thiocarbonyl (C=S) groups is 1. The van der Waals surface area contributed by atoms with E-state index in [-0.39, 0.29) is 0 Å². The Morgan fingerprint density at radius 2 is 1.72 bits per heavy atom. The first-order chi connectivity index (χ1) is 8.84. The zero-order chi connectivity index (χ0) is 12.1. The molecular formula is C16H10OS. The molecule has 1 aliphatic carbocycles. The lowest BCUT2D eigenvalue weighted by Crippen LogP contribution is -2.12. The van der Waals surface area contributed by atoms with E-state index in [4.69, 9.17) is 16.6 Å². The van der Waals surface area contributed by atoms with Crippen molar-refractivity contribution >= 4 is 28.1 Å². The lowest BCUT2D eigenvalue weighted by atomic mass is 9.89. The number of benzene rings is 2. The molecule has 0 N–H and O–H groups in total. The summed E-state index contributed by atoms with van der Waals surface area (Å²) in [5, 5.41) is 1.13. The molecule has 2 heteroatoms. The molecule has 4 rings (SSSR count). The SMILES string of the molecule is S=C1c2ccccc2Cc2oc3ccccc3c21. The molecule has 18 heavy (non-hydrogen) atoms. The van der Waals surface area contributed by atoms with Crippen molar-refractivity contribution in [1.82, 2.24) is 0 Å². The molecule has 0 amide bonds. The van der Waals surface area contributed by atoms with E-state index in [1.807, 2.05) is 24.3 Å². The normalized spacial score (nSPS) is 13.4. The summed E-state index contributed by atoms with van der Waals surface area (Å²) >= 11 is 5.64. The highest BCUT2D eigenvalue weighted by Crippen LogP contribution is 2.34. The van der Waals surface area contributed by atoms with Gasteiger partial charge in [-0.1, -0.05) is 54.7 Å². The second-order valence-corrected chi connectivity index (χ2v) is 4.97. The highest BCUT2D eigenvalue weighted by Gasteiger charge is 2.25. The summed E-state index contributed by atoms with van der Waals surface area (Å²) in [5.41, 5.74) is 4.47. The van der Waals surface area contributed by atoms with Crippen LogP contribution in [0.2, 0.25) is 0 Å². The third-order valence-electron chi connectivity index (χ3n) is 3.51. The number of furan rings is 1. The minimum absolute atomic E-state index is 0.834. The quantitative estimate of drug-likeness (QED) is 0.436. The molecule has 0 saturated heterocycles. The Morgan fingerprint density at radius 3 is 2.67 bits per heavy atom. The van der Waals surface area contributed by atoms with Crippen LogP contribution in [0.1, 0.15) is 22.5 Å². The zero-order valence-electron chi connectivity index (χ0n) is 9.64. The fourth-order valence-electron chi connectivity index (χ4n) is 2.67. The molecule has 1 aromatic heterocycles. The average molecular weight is 250 g/mol. The van der Waals surface area contributed by atoms with Crippen molar-refractivity contribution in [3.8, 4) is 0 Å². The molecule has 0 spiro atoms. The molecule has 0 unspecified atom stereocenters. The van der Waals surface area contributed by atoms with E-state index in [0.717, 1.165) is 33.6 Å². The lowest BCUT2D eigenvalue weighted by Gasteiger charge is -2.16. The van der Waals surface area contributed by atoms with Crippen molar-refractivity contribution in [2.75, 3.05) is 0 Å². The van der Waals surface area contributed by atoms with Crippen molar-refractivity contribution in [3.05, 3.63) is 71.0 Å². The highest BCUT2D eigenvalue weighted by atomic mass is 32.1. The van der Waals surface area contributed by atoms with E-state index in [2.05, 4.69) is 24.3 Å². The highest BCUT2D eigenvalue weighted by molar-refractivity contribution is 7.81. The Bertz CT molecular complexity index is 783. The van der Waals surface area contributed by atoms with Gasteiger partial charge in [-0.25, -0.2) is 0 Å². The molecule has 0 aliphatic heterocycles. The van der Waals surface area contributed by atoms with Gasteiger partial charge >= 0.3 is 0 Å². The van der Waals surface area contributed by atoms with E-state index in [0.29, 0.717) is 0 Å². The zero-order valence-corrected chi connectivity index (χ0v) is 10.5. The van der Waals surface area contributed by atoms with Gasteiger partial charge in [0.25, 0.3) is 0 Å². The van der Waals surface area contributed by atoms with E-state index in [1.165, 1.54) is 11.1 Å². The monoisotopic (exact) mass is 250 g/mol. The van der Waals surface area contributed by atoms with Crippen molar-refractivity contribution in [2.24, 2.45) is 0 Å². The van der Waals surface area contributed by atoms with Gasteiger partial charge in [0.1, 0.15) is 11.3 Å². The number of hydrogen-bond acceptors (Lipinski definition) is 2. The van der Waals surface area contributed by atoms with Crippen molar-refractivity contribution in [3.63, 3.8) is 0 Å². The van der Waals surface area contributed by atoms with Gasteiger partial charge in [0.2, 0.25) is 0 Å². The molecule has 3 aromatic rings. The number of fused-ring (bicyclic) bond motifs is 4. The molecule has 1 nitrogen and oxygen atoms in total. The third kappa shape index (κ3) is 1.24. The summed E-state index contributed by atoms with van der Waals surface area (Å²) in [6.07, 6.45) is 0.834. The predicted octanol–water partition coefficient (Wildman–Crippen LogP) is 4.10. The van der Waals surface area contributed by atoms with Gasteiger partial charge < -0.3 is 4.42 Å². The Morgan fingerprint density at radius 1 is 0.944 bits per heavy atom. The van der Waals surface area contributed by atoms with Crippen LogP contribution >= 0.6 is 12.2 Å². The minimum atomic E-state index is 0.834. The van der Waals surface area contributed by atoms with Crippen molar-refractivity contribution in [2.45, 2.75) is 6.42 Å². The standard InChI is InChI=1S/C16H10OS/c18-16-11-6-2-1-5-10(11)9-14-15(16)12-7-3-4-8-13(12)17-14/h1-8H,9H2. The van der Waals surface area contributed by atoms with E-state index >= 15 is 0 Å². The van der Waals surface area contributed by atoms with Gasteiger partial charge in [0.15, 0.2) is 0 Å². The summed E-state index contributed by atoms with van der Waals surface area (Å²) in [6, 6.07) is 16.4. The van der Waals surface area contributed by atoms with Crippen LogP contribution in [0.4, 0.5) is 0 Å².